The maximum absolute atomic E-state index is 9.36. The summed E-state index contributed by atoms with van der Waals surface area (Å²) >= 11 is 0. The quantitative estimate of drug-likeness (QED) is 0.785. The summed E-state index contributed by atoms with van der Waals surface area (Å²) in [5.74, 6) is 1.66. The van der Waals surface area contributed by atoms with Gasteiger partial charge in [0.15, 0.2) is 0 Å². The lowest BCUT2D eigenvalue weighted by molar-refractivity contribution is 0.202. The molecule has 1 aliphatic rings. The van der Waals surface area contributed by atoms with Crippen LogP contribution in [0, 0.1) is 24.2 Å². The number of hydrogen-bond donors (Lipinski definition) is 0. The minimum absolute atomic E-state index is 0.428. The van der Waals surface area contributed by atoms with Crippen molar-refractivity contribution in [3.63, 3.8) is 0 Å². The molecular weight excluding hydrogens is 240 g/mol. The first kappa shape index (κ1) is 13.9. The molecule has 1 atom stereocenters. The fourth-order valence-electron chi connectivity index (χ4n) is 2.63. The van der Waals surface area contributed by atoms with E-state index in [0.717, 1.165) is 24.0 Å². The Morgan fingerprint density at radius 3 is 2.79 bits per heavy atom. The van der Waals surface area contributed by atoms with Crippen LogP contribution in [0.25, 0.3) is 0 Å². The van der Waals surface area contributed by atoms with Gasteiger partial charge in [0.05, 0.1) is 12.3 Å². The van der Waals surface area contributed by atoms with Crippen LogP contribution in [0.1, 0.15) is 31.0 Å². The Balaban J connectivity index is 2.34. The molecule has 2 rings (SSSR count). The Kier molecular flexibility index (Phi) is 4.11. The second-order valence-corrected chi connectivity index (χ2v) is 5.28. The van der Waals surface area contributed by atoms with Gasteiger partial charge in [-0.2, -0.15) is 10.4 Å². The first-order chi connectivity index (χ1) is 9.10. The molecular formula is C14H22N4O. The number of methoxy groups -OCH3 is 1. The topological polar surface area (TPSA) is 54.1 Å². The Hall–Kier alpha value is -1.54. The molecule has 0 N–H and O–H groups in total. The monoisotopic (exact) mass is 262 g/mol. The van der Waals surface area contributed by atoms with Gasteiger partial charge in [0.2, 0.25) is 0 Å². The van der Waals surface area contributed by atoms with Crippen LogP contribution in [0.5, 0.6) is 0 Å². The van der Waals surface area contributed by atoms with E-state index in [4.69, 9.17) is 4.74 Å². The van der Waals surface area contributed by atoms with Crippen molar-refractivity contribution in [2.45, 2.75) is 32.7 Å². The van der Waals surface area contributed by atoms with Crippen LogP contribution in [0.2, 0.25) is 0 Å². The largest absolute Gasteiger partial charge is 0.383 e. The van der Waals surface area contributed by atoms with E-state index in [-0.39, 0.29) is 0 Å². The SMILES string of the molecule is COCCN(c1c(C#N)c(C)nn1C)C(C)C1CC1. The van der Waals surface area contributed by atoms with Crippen molar-refractivity contribution in [3.8, 4) is 6.07 Å². The molecule has 0 saturated heterocycles. The second kappa shape index (κ2) is 5.62. The number of aryl methyl sites for hydroxylation is 2. The molecule has 0 amide bonds. The Morgan fingerprint density at radius 2 is 2.26 bits per heavy atom. The Morgan fingerprint density at radius 1 is 1.58 bits per heavy atom. The van der Waals surface area contributed by atoms with Gasteiger partial charge < -0.3 is 9.64 Å². The lowest BCUT2D eigenvalue weighted by Crippen LogP contribution is -2.39. The standard InChI is InChI=1S/C14H22N4O/c1-10-13(9-15)14(17(3)16-10)18(7-8-19-4)11(2)12-5-6-12/h11-12H,5-8H2,1-4H3. The summed E-state index contributed by atoms with van der Waals surface area (Å²) in [6, 6.07) is 2.72. The van der Waals surface area contributed by atoms with Crippen LogP contribution in [-0.2, 0) is 11.8 Å². The highest BCUT2D eigenvalue weighted by molar-refractivity contribution is 5.57. The summed E-state index contributed by atoms with van der Waals surface area (Å²) in [6.45, 7) is 5.57. The van der Waals surface area contributed by atoms with Crippen molar-refractivity contribution in [3.05, 3.63) is 11.3 Å². The molecule has 1 saturated carbocycles. The van der Waals surface area contributed by atoms with Gasteiger partial charge in [-0.15, -0.1) is 0 Å². The van der Waals surface area contributed by atoms with Crippen LogP contribution in [0.15, 0.2) is 0 Å². The average molecular weight is 262 g/mol. The maximum atomic E-state index is 9.36. The van der Waals surface area contributed by atoms with Crippen molar-refractivity contribution in [1.29, 1.82) is 5.26 Å². The highest BCUT2D eigenvalue weighted by Gasteiger charge is 2.34. The number of anilines is 1. The lowest BCUT2D eigenvalue weighted by atomic mass is 10.1. The molecule has 0 aliphatic heterocycles. The first-order valence-electron chi connectivity index (χ1n) is 6.79. The molecule has 1 unspecified atom stereocenters. The average Bonchev–Trinajstić information content (AvgIpc) is 3.17. The zero-order valence-corrected chi connectivity index (χ0v) is 12.2. The number of nitriles is 1. The van der Waals surface area contributed by atoms with Crippen LogP contribution in [0.4, 0.5) is 5.82 Å². The molecule has 0 aromatic carbocycles. The van der Waals surface area contributed by atoms with Crippen molar-refractivity contribution in [2.75, 3.05) is 25.2 Å². The molecule has 1 heterocycles. The fraction of sp³-hybridized carbons (Fsp3) is 0.714. The molecule has 0 radical (unpaired) electrons. The van der Waals surface area contributed by atoms with E-state index < -0.39 is 0 Å². The van der Waals surface area contributed by atoms with E-state index in [9.17, 15) is 5.26 Å². The molecule has 1 fully saturated rings. The number of ether oxygens (including phenoxy) is 1. The number of nitrogens with zero attached hydrogens (tertiary/aromatic N) is 4. The van der Waals surface area contributed by atoms with Crippen LogP contribution in [0.3, 0.4) is 0 Å². The zero-order valence-electron chi connectivity index (χ0n) is 12.2. The Bertz CT molecular complexity index is 484. The predicted octanol–water partition coefficient (Wildman–Crippen LogP) is 1.85. The van der Waals surface area contributed by atoms with Gasteiger partial charge in [-0.3, -0.25) is 4.68 Å². The lowest BCUT2D eigenvalue weighted by Gasteiger charge is -2.31. The van der Waals surface area contributed by atoms with Crippen molar-refractivity contribution >= 4 is 5.82 Å². The third-order valence-corrected chi connectivity index (χ3v) is 3.91. The molecule has 19 heavy (non-hydrogen) atoms. The first-order valence-corrected chi connectivity index (χ1v) is 6.79. The maximum Gasteiger partial charge on any atom is 0.145 e. The smallest absolute Gasteiger partial charge is 0.145 e. The van der Waals surface area contributed by atoms with Crippen molar-refractivity contribution < 1.29 is 4.74 Å². The third kappa shape index (κ3) is 2.74. The number of aromatic nitrogens is 2. The van der Waals surface area contributed by atoms with Gasteiger partial charge in [0, 0.05) is 26.7 Å². The summed E-state index contributed by atoms with van der Waals surface area (Å²) in [4.78, 5) is 2.28. The highest BCUT2D eigenvalue weighted by Crippen LogP contribution is 2.37. The summed E-state index contributed by atoms with van der Waals surface area (Å²) in [5.41, 5.74) is 1.48. The molecule has 5 nitrogen and oxygen atoms in total. The molecule has 1 aromatic rings. The van der Waals surface area contributed by atoms with Crippen LogP contribution in [-0.4, -0.2) is 36.1 Å². The highest BCUT2D eigenvalue weighted by atomic mass is 16.5. The van der Waals surface area contributed by atoms with Gasteiger partial charge in [0.1, 0.15) is 17.5 Å². The molecule has 5 heteroatoms. The van der Waals surface area contributed by atoms with Gasteiger partial charge >= 0.3 is 0 Å². The fourth-order valence-corrected chi connectivity index (χ4v) is 2.63. The van der Waals surface area contributed by atoms with Gasteiger partial charge in [-0.05, 0) is 32.6 Å². The minimum atomic E-state index is 0.428. The van der Waals surface area contributed by atoms with Crippen molar-refractivity contribution in [1.82, 2.24) is 9.78 Å². The van der Waals surface area contributed by atoms with E-state index in [1.165, 1.54) is 12.8 Å². The van der Waals surface area contributed by atoms with E-state index in [2.05, 4.69) is 23.0 Å². The van der Waals surface area contributed by atoms with E-state index in [1.807, 2.05) is 18.7 Å². The van der Waals surface area contributed by atoms with Crippen LogP contribution >= 0.6 is 0 Å². The number of hydrogen-bond acceptors (Lipinski definition) is 4. The minimum Gasteiger partial charge on any atom is -0.383 e. The van der Waals surface area contributed by atoms with E-state index in [1.54, 1.807) is 7.11 Å². The predicted molar refractivity (Wildman–Crippen MR) is 74.1 cm³/mol. The van der Waals surface area contributed by atoms with Gasteiger partial charge in [-0.1, -0.05) is 0 Å². The Labute approximate surface area is 114 Å². The number of rotatable bonds is 6. The molecule has 1 aromatic heterocycles. The third-order valence-electron chi connectivity index (χ3n) is 3.91. The van der Waals surface area contributed by atoms with Crippen LogP contribution < -0.4 is 4.90 Å². The van der Waals surface area contributed by atoms with Crippen molar-refractivity contribution in [2.24, 2.45) is 13.0 Å². The zero-order chi connectivity index (χ0) is 14.0. The molecule has 104 valence electrons. The molecule has 1 aliphatic carbocycles. The summed E-state index contributed by atoms with van der Waals surface area (Å²) < 4.78 is 7.03. The normalized spacial score (nSPS) is 16.2. The molecule has 0 bridgehead atoms. The van der Waals surface area contributed by atoms with E-state index in [0.29, 0.717) is 18.2 Å². The summed E-state index contributed by atoms with van der Waals surface area (Å²) in [7, 11) is 3.61. The van der Waals surface area contributed by atoms with Gasteiger partial charge in [-0.25, -0.2) is 0 Å². The summed E-state index contributed by atoms with van der Waals surface area (Å²) in [6.07, 6.45) is 2.56. The van der Waals surface area contributed by atoms with E-state index >= 15 is 0 Å². The summed E-state index contributed by atoms with van der Waals surface area (Å²) in [5, 5.41) is 13.7. The second-order valence-electron chi connectivity index (χ2n) is 5.28. The molecule has 0 spiro atoms. The van der Waals surface area contributed by atoms with Gasteiger partial charge in [0.25, 0.3) is 0 Å².